The smallest absolute Gasteiger partial charge is 0.160 e. The van der Waals surface area contributed by atoms with Gasteiger partial charge in [-0.2, -0.15) is 0 Å². The number of ketones is 1. The van der Waals surface area contributed by atoms with Crippen molar-refractivity contribution in [3.8, 4) is 0 Å². The molecule has 4 heteroatoms. The van der Waals surface area contributed by atoms with Crippen molar-refractivity contribution < 1.29 is 4.79 Å². The van der Waals surface area contributed by atoms with Crippen LogP contribution in [-0.4, -0.2) is 11.3 Å². The molecule has 1 fully saturated rings. The number of carbonyl (C=O) groups excluding carboxylic acids is 1. The molecule has 0 amide bonds. The Kier molecular flexibility index (Phi) is 5.41. The van der Waals surface area contributed by atoms with Crippen LogP contribution in [0, 0.1) is 5.92 Å². The van der Waals surface area contributed by atoms with E-state index in [0.717, 1.165) is 40.0 Å². The lowest BCUT2D eigenvalue weighted by molar-refractivity contribution is -0.118. The van der Waals surface area contributed by atoms with Gasteiger partial charge >= 0.3 is 0 Å². The Morgan fingerprint density at radius 2 is 1.92 bits per heavy atom. The Labute approximate surface area is 158 Å². The third-order valence-electron chi connectivity index (χ3n) is 5.09. The average molecular weight is 411 g/mol. The van der Waals surface area contributed by atoms with Crippen LogP contribution >= 0.6 is 27.5 Å². The van der Waals surface area contributed by atoms with E-state index in [1.165, 1.54) is 31.2 Å². The van der Waals surface area contributed by atoms with Crippen molar-refractivity contribution in [3.63, 3.8) is 0 Å². The number of benzene rings is 1. The summed E-state index contributed by atoms with van der Waals surface area (Å²) >= 11 is 9.79. The molecular formula is C20H25BrClNO. The van der Waals surface area contributed by atoms with Crippen LogP contribution in [-0.2, 0) is 11.2 Å². The summed E-state index contributed by atoms with van der Waals surface area (Å²) in [6, 6.07) is 4.06. The lowest BCUT2D eigenvalue weighted by Crippen LogP contribution is -2.44. The summed E-state index contributed by atoms with van der Waals surface area (Å²) < 4.78 is 0.872. The first-order chi connectivity index (χ1) is 11.4. The molecule has 0 bridgehead atoms. The largest absolute Gasteiger partial charge is 0.379 e. The number of rotatable bonds is 2. The highest BCUT2D eigenvalue weighted by Gasteiger charge is 2.29. The van der Waals surface area contributed by atoms with Crippen LogP contribution in [0.2, 0.25) is 5.02 Å². The summed E-state index contributed by atoms with van der Waals surface area (Å²) in [5.74, 6) is 0.458. The summed E-state index contributed by atoms with van der Waals surface area (Å²) in [6.45, 7) is 4.33. The molecule has 2 aliphatic rings. The predicted octanol–water partition coefficient (Wildman–Crippen LogP) is 5.91. The molecule has 1 aliphatic carbocycles. The van der Waals surface area contributed by atoms with Crippen molar-refractivity contribution >= 4 is 39.0 Å². The van der Waals surface area contributed by atoms with E-state index in [0.29, 0.717) is 0 Å². The van der Waals surface area contributed by atoms with E-state index in [9.17, 15) is 4.79 Å². The number of carbonyl (C=O) groups is 1. The Balaban J connectivity index is 1.94. The first-order valence-corrected chi connectivity index (χ1v) is 10.0. The lowest BCUT2D eigenvalue weighted by atomic mass is 9.85. The molecule has 0 radical (unpaired) electrons. The van der Waals surface area contributed by atoms with E-state index in [4.69, 9.17) is 11.6 Å². The summed E-state index contributed by atoms with van der Waals surface area (Å²) in [6.07, 6.45) is 9.68. The number of allylic oxidation sites excluding steroid dienone is 1. The second-order valence-corrected chi connectivity index (χ2v) is 9.02. The zero-order valence-electron chi connectivity index (χ0n) is 14.4. The van der Waals surface area contributed by atoms with Crippen molar-refractivity contribution in [1.82, 2.24) is 5.32 Å². The Hall–Kier alpha value is -0.800. The fourth-order valence-corrected chi connectivity index (χ4v) is 4.40. The fourth-order valence-electron chi connectivity index (χ4n) is 3.88. The summed E-state index contributed by atoms with van der Waals surface area (Å²) in [4.78, 5) is 12.8. The van der Waals surface area contributed by atoms with Crippen molar-refractivity contribution in [3.05, 3.63) is 38.8 Å². The van der Waals surface area contributed by atoms with Gasteiger partial charge in [-0.3, -0.25) is 4.79 Å². The number of hydrogen-bond acceptors (Lipinski definition) is 2. The van der Waals surface area contributed by atoms with Gasteiger partial charge in [-0.25, -0.2) is 0 Å². The first kappa shape index (κ1) is 18.0. The molecule has 0 saturated heterocycles. The molecule has 0 atom stereocenters. The standard InChI is InChI=1S/C20H25BrClNO/c1-20(2)12-14-9-17(22)16(21)10-15(14)18(23-20)11-19(24)13-7-5-3-4-6-8-13/h9-11,13,23H,3-8,12H2,1-2H3/b18-11-. The number of fused-ring (bicyclic) bond motifs is 1. The predicted molar refractivity (Wildman–Crippen MR) is 104 cm³/mol. The van der Waals surface area contributed by atoms with Crippen LogP contribution in [0.25, 0.3) is 5.70 Å². The van der Waals surface area contributed by atoms with E-state index in [1.54, 1.807) is 0 Å². The highest BCUT2D eigenvalue weighted by Crippen LogP contribution is 2.36. The van der Waals surface area contributed by atoms with Crippen molar-refractivity contribution in [2.75, 3.05) is 0 Å². The molecule has 24 heavy (non-hydrogen) atoms. The lowest BCUT2D eigenvalue weighted by Gasteiger charge is -2.36. The maximum Gasteiger partial charge on any atom is 0.160 e. The molecular weight excluding hydrogens is 386 g/mol. The van der Waals surface area contributed by atoms with Gasteiger partial charge in [0.2, 0.25) is 0 Å². The zero-order valence-corrected chi connectivity index (χ0v) is 16.8. The van der Waals surface area contributed by atoms with Gasteiger partial charge in [-0.1, -0.05) is 37.3 Å². The molecule has 1 aromatic carbocycles. The summed E-state index contributed by atoms with van der Waals surface area (Å²) in [5, 5.41) is 4.28. The van der Waals surface area contributed by atoms with Gasteiger partial charge in [0.05, 0.1) is 5.02 Å². The van der Waals surface area contributed by atoms with Gasteiger partial charge in [0, 0.05) is 33.3 Å². The molecule has 2 nitrogen and oxygen atoms in total. The van der Waals surface area contributed by atoms with Crippen LogP contribution in [0.1, 0.15) is 63.5 Å². The molecule has 1 heterocycles. The number of halogens is 2. The quantitative estimate of drug-likeness (QED) is 0.485. The minimum atomic E-state index is -0.0836. The van der Waals surface area contributed by atoms with Gasteiger partial charge in [0.15, 0.2) is 5.78 Å². The van der Waals surface area contributed by atoms with E-state index in [-0.39, 0.29) is 17.2 Å². The van der Waals surface area contributed by atoms with Crippen molar-refractivity contribution in [1.29, 1.82) is 0 Å². The summed E-state index contributed by atoms with van der Waals surface area (Å²) in [7, 11) is 0. The van der Waals surface area contributed by atoms with Gasteiger partial charge < -0.3 is 5.32 Å². The second kappa shape index (κ2) is 7.21. The molecule has 0 unspecified atom stereocenters. The van der Waals surface area contributed by atoms with E-state index in [1.807, 2.05) is 18.2 Å². The number of nitrogens with one attached hydrogen (secondary N) is 1. The van der Waals surface area contributed by atoms with Crippen LogP contribution in [0.4, 0.5) is 0 Å². The highest BCUT2D eigenvalue weighted by atomic mass is 79.9. The van der Waals surface area contributed by atoms with Crippen LogP contribution in [0.15, 0.2) is 22.7 Å². The number of hydrogen-bond donors (Lipinski definition) is 1. The van der Waals surface area contributed by atoms with Gasteiger partial charge in [-0.05, 0) is 66.7 Å². The van der Waals surface area contributed by atoms with E-state index in [2.05, 4.69) is 35.1 Å². The van der Waals surface area contributed by atoms with Crippen molar-refractivity contribution in [2.45, 2.75) is 64.3 Å². The van der Waals surface area contributed by atoms with Gasteiger partial charge in [0.25, 0.3) is 0 Å². The van der Waals surface area contributed by atoms with E-state index >= 15 is 0 Å². The topological polar surface area (TPSA) is 29.1 Å². The molecule has 3 rings (SSSR count). The Morgan fingerprint density at radius 3 is 2.58 bits per heavy atom. The van der Waals surface area contributed by atoms with Crippen LogP contribution in [0.5, 0.6) is 0 Å². The first-order valence-electron chi connectivity index (χ1n) is 8.88. The summed E-state index contributed by atoms with van der Waals surface area (Å²) in [5.41, 5.74) is 3.15. The van der Waals surface area contributed by atoms with Crippen LogP contribution in [0.3, 0.4) is 0 Å². The maximum atomic E-state index is 12.8. The zero-order chi connectivity index (χ0) is 17.3. The van der Waals surface area contributed by atoms with Gasteiger partial charge in [0.1, 0.15) is 0 Å². The highest BCUT2D eigenvalue weighted by molar-refractivity contribution is 9.10. The van der Waals surface area contributed by atoms with Crippen molar-refractivity contribution in [2.24, 2.45) is 5.92 Å². The minimum absolute atomic E-state index is 0.0836. The Bertz CT molecular complexity index is 672. The SMILES string of the molecule is CC1(C)Cc2cc(Cl)c(Br)cc2/C(=C/C(=O)C2CCCCCC2)N1. The second-order valence-electron chi connectivity index (χ2n) is 7.76. The molecule has 0 aromatic heterocycles. The monoisotopic (exact) mass is 409 g/mol. The van der Waals surface area contributed by atoms with Crippen LogP contribution < -0.4 is 5.32 Å². The van der Waals surface area contributed by atoms with E-state index < -0.39 is 0 Å². The molecule has 1 saturated carbocycles. The minimum Gasteiger partial charge on any atom is -0.379 e. The average Bonchev–Trinajstić information content (AvgIpc) is 2.77. The maximum absolute atomic E-state index is 12.8. The molecule has 1 aliphatic heterocycles. The third kappa shape index (κ3) is 4.05. The van der Waals surface area contributed by atoms with Gasteiger partial charge in [-0.15, -0.1) is 0 Å². The molecule has 0 spiro atoms. The molecule has 1 aromatic rings. The molecule has 1 N–H and O–H groups in total. The molecule has 130 valence electrons. The fraction of sp³-hybridized carbons (Fsp3) is 0.550. The Morgan fingerprint density at radius 1 is 1.25 bits per heavy atom. The third-order valence-corrected chi connectivity index (χ3v) is 6.28. The normalized spacial score (nSPS) is 22.6.